The first-order valence-corrected chi connectivity index (χ1v) is 11.1. The first-order valence-electron chi connectivity index (χ1n) is 11.1. The molecule has 1 atom stereocenters. The van der Waals surface area contributed by atoms with Gasteiger partial charge in [-0.2, -0.15) is 0 Å². The van der Waals surface area contributed by atoms with Gasteiger partial charge in [0, 0.05) is 30.9 Å². The van der Waals surface area contributed by atoms with Gasteiger partial charge >= 0.3 is 0 Å². The van der Waals surface area contributed by atoms with Gasteiger partial charge in [0.1, 0.15) is 6.10 Å². The Morgan fingerprint density at radius 2 is 1.03 bits per heavy atom. The number of methoxy groups -OCH3 is 2. The zero-order valence-corrected chi connectivity index (χ0v) is 19.7. The number of rotatable bonds is 8. The van der Waals surface area contributed by atoms with Gasteiger partial charge in [-0.05, 0) is 5.56 Å². The van der Waals surface area contributed by atoms with Crippen LogP contribution in [0.2, 0.25) is 0 Å². The number of Topliss-reactive ketones (excluding diaryl/α,β-unsaturated/α-hetero) is 2. The van der Waals surface area contributed by atoms with Crippen molar-refractivity contribution >= 4 is 11.6 Å². The van der Waals surface area contributed by atoms with Crippen molar-refractivity contribution in [2.45, 2.75) is 11.9 Å². The van der Waals surface area contributed by atoms with E-state index in [1.54, 1.807) is 60.7 Å². The van der Waals surface area contributed by atoms with E-state index in [4.69, 9.17) is 9.47 Å². The lowest BCUT2D eigenvalue weighted by Crippen LogP contribution is -2.39. The Kier molecular flexibility index (Phi) is 9.21. The van der Waals surface area contributed by atoms with Gasteiger partial charge in [0.05, 0.1) is 0 Å². The number of hydrogen-bond donors (Lipinski definition) is 1. The molecule has 1 unspecified atom stereocenters. The fourth-order valence-corrected chi connectivity index (χ4v) is 3.62. The van der Waals surface area contributed by atoms with Crippen molar-refractivity contribution in [2.24, 2.45) is 0 Å². The molecule has 1 N–H and O–H groups in total. The van der Waals surface area contributed by atoms with Crippen molar-refractivity contribution in [1.29, 1.82) is 0 Å². The Morgan fingerprint density at radius 3 is 1.49 bits per heavy atom. The van der Waals surface area contributed by atoms with Gasteiger partial charge in [-0.15, -0.1) is 0 Å². The summed E-state index contributed by atoms with van der Waals surface area (Å²) in [5.74, 6) is -1.89. The van der Waals surface area contributed by atoms with E-state index in [0.29, 0.717) is 22.3 Å². The molecular formula is C30H28O5. The summed E-state index contributed by atoms with van der Waals surface area (Å²) in [6, 6.07) is 35.9. The number of hydrogen-bond acceptors (Lipinski definition) is 5. The summed E-state index contributed by atoms with van der Waals surface area (Å²) in [6.07, 6.45) is -1.08. The van der Waals surface area contributed by atoms with Gasteiger partial charge in [0.15, 0.2) is 5.78 Å². The van der Waals surface area contributed by atoms with Crippen LogP contribution in [0.1, 0.15) is 37.9 Å². The van der Waals surface area contributed by atoms with E-state index in [-0.39, 0.29) is 11.6 Å². The largest absolute Gasteiger partial charge is 0.380 e. The van der Waals surface area contributed by atoms with Crippen molar-refractivity contribution in [2.75, 3.05) is 14.2 Å². The zero-order valence-electron chi connectivity index (χ0n) is 19.7. The molecule has 0 saturated heterocycles. The summed E-state index contributed by atoms with van der Waals surface area (Å²) in [4.78, 5) is 24.6. The van der Waals surface area contributed by atoms with Gasteiger partial charge < -0.3 is 14.6 Å². The van der Waals surface area contributed by atoms with Crippen LogP contribution in [0, 0.1) is 0 Å². The predicted octanol–water partition coefficient (Wildman–Crippen LogP) is 5.62. The summed E-state index contributed by atoms with van der Waals surface area (Å²) < 4.78 is 10.8. The molecule has 0 aliphatic carbocycles. The molecule has 178 valence electrons. The second kappa shape index (κ2) is 12.5. The zero-order chi connectivity index (χ0) is 25.1. The Bertz CT molecular complexity index is 1190. The number of ketones is 2. The van der Waals surface area contributed by atoms with Crippen LogP contribution in [0.15, 0.2) is 121 Å². The van der Waals surface area contributed by atoms with Crippen LogP contribution in [0.5, 0.6) is 0 Å². The number of aliphatic hydroxyl groups excluding tert-OH is 1. The number of ether oxygens (including phenoxy) is 2. The highest BCUT2D eigenvalue weighted by Crippen LogP contribution is 2.30. The summed E-state index contributed by atoms with van der Waals surface area (Å²) in [7, 11) is 2.94. The normalized spacial score (nSPS) is 11.6. The molecule has 4 rings (SSSR count). The summed E-state index contributed by atoms with van der Waals surface area (Å²) in [6.45, 7) is 0. The molecule has 0 spiro atoms. The maximum atomic E-state index is 12.7. The van der Waals surface area contributed by atoms with Crippen molar-refractivity contribution in [1.82, 2.24) is 0 Å². The highest BCUT2D eigenvalue weighted by atomic mass is 16.7. The molecule has 0 amide bonds. The number of carbonyl (C=O) groups is 2. The molecule has 0 heterocycles. The number of carbonyl (C=O) groups excluding carboxylic acids is 2. The van der Waals surface area contributed by atoms with Gasteiger partial charge in [0.25, 0.3) is 5.79 Å². The van der Waals surface area contributed by atoms with Crippen LogP contribution < -0.4 is 0 Å². The summed E-state index contributed by atoms with van der Waals surface area (Å²) >= 11 is 0. The molecule has 0 aliphatic heterocycles. The Morgan fingerprint density at radius 1 is 0.629 bits per heavy atom. The fraction of sp³-hybridized carbons (Fsp3) is 0.133. The highest BCUT2D eigenvalue weighted by Gasteiger charge is 2.41. The molecule has 0 bridgehead atoms. The van der Waals surface area contributed by atoms with Gasteiger partial charge in [-0.1, -0.05) is 121 Å². The van der Waals surface area contributed by atoms with Crippen LogP contribution in [-0.2, 0) is 15.3 Å². The van der Waals surface area contributed by atoms with E-state index in [1.807, 2.05) is 60.7 Å². The van der Waals surface area contributed by atoms with E-state index >= 15 is 0 Å². The monoisotopic (exact) mass is 468 g/mol. The molecule has 0 fully saturated rings. The second-order valence-electron chi connectivity index (χ2n) is 7.63. The molecule has 0 radical (unpaired) electrons. The average molecular weight is 469 g/mol. The number of benzene rings is 4. The van der Waals surface area contributed by atoms with Crippen LogP contribution in [0.25, 0.3) is 0 Å². The average Bonchev–Trinajstić information content (AvgIpc) is 2.95. The summed E-state index contributed by atoms with van der Waals surface area (Å²) in [5.41, 5.74) is 2.37. The standard InChI is InChI=1S/C16H16O3.C14H12O2/c1-18-16(19-2,14-11-7-4-8-12-14)15(17)13-9-5-3-6-10-13;15-13(11-7-3-1-4-8-11)14(16)12-9-5-2-6-10-12/h3-12H,1-2H3;1-10,13,15H. The molecule has 5 heteroatoms. The van der Waals surface area contributed by atoms with Crippen LogP contribution in [-0.4, -0.2) is 30.9 Å². The number of aliphatic hydroxyl groups is 1. The lowest BCUT2D eigenvalue weighted by Gasteiger charge is -2.29. The lowest BCUT2D eigenvalue weighted by molar-refractivity contribution is -0.176. The lowest BCUT2D eigenvalue weighted by atomic mass is 9.96. The summed E-state index contributed by atoms with van der Waals surface area (Å²) in [5, 5.41) is 9.89. The van der Waals surface area contributed by atoms with E-state index in [2.05, 4.69) is 0 Å². The van der Waals surface area contributed by atoms with Crippen molar-refractivity contribution < 1.29 is 24.2 Å². The Labute approximate surface area is 205 Å². The minimum Gasteiger partial charge on any atom is -0.380 e. The van der Waals surface area contributed by atoms with Gasteiger partial charge in [0.2, 0.25) is 5.78 Å². The van der Waals surface area contributed by atoms with E-state index < -0.39 is 11.9 Å². The first-order chi connectivity index (χ1) is 17.0. The van der Waals surface area contributed by atoms with Gasteiger partial charge in [-0.3, -0.25) is 9.59 Å². The van der Waals surface area contributed by atoms with Crippen LogP contribution in [0.3, 0.4) is 0 Å². The third-order valence-electron chi connectivity index (χ3n) is 5.49. The minimum atomic E-state index is -1.40. The second-order valence-corrected chi connectivity index (χ2v) is 7.63. The molecule has 0 aromatic heterocycles. The van der Waals surface area contributed by atoms with E-state index in [9.17, 15) is 14.7 Å². The Hall–Kier alpha value is -3.90. The molecule has 4 aromatic rings. The topological polar surface area (TPSA) is 72.8 Å². The van der Waals surface area contributed by atoms with Crippen molar-refractivity contribution in [3.63, 3.8) is 0 Å². The van der Waals surface area contributed by atoms with Crippen LogP contribution in [0.4, 0.5) is 0 Å². The third kappa shape index (κ3) is 6.16. The molecular weight excluding hydrogens is 440 g/mol. The predicted molar refractivity (Wildman–Crippen MR) is 135 cm³/mol. The van der Waals surface area contributed by atoms with Gasteiger partial charge in [-0.25, -0.2) is 0 Å². The third-order valence-corrected chi connectivity index (χ3v) is 5.49. The fourth-order valence-electron chi connectivity index (χ4n) is 3.62. The van der Waals surface area contributed by atoms with Crippen molar-refractivity contribution in [3.8, 4) is 0 Å². The molecule has 0 aliphatic rings. The minimum absolute atomic E-state index is 0.218. The SMILES string of the molecule is COC(OC)(C(=O)c1ccccc1)c1ccccc1.O=C(c1ccccc1)C(O)c1ccccc1. The molecule has 35 heavy (non-hydrogen) atoms. The van der Waals surface area contributed by atoms with E-state index in [0.717, 1.165) is 0 Å². The van der Waals surface area contributed by atoms with Crippen LogP contribution >= 0.6 is 0 Å². The highest BCUT2D eigenvalue weighted by molar-refractivity contribution is 6.02. The maximum Gasteiger partial charge on any atom is 0.260 e. The van der Waals surface area contributed by atoms with E-state index in [1.165, 1.54) is 14.2 Å². The molecule has 0 saturated carbocycles. The quantitative estimate of drug-likeness (QED) is 0.268. The first kappa shape index (κ1) is 25.7. The molecule has 4 aromatic carbocycles. The Balaban J connectivity index is 0.000000198. The molecule has 5 nitrogen and oxygen atoms in total. The smallest absolute Gasteiger partial charge is 0.260 e. The van der Waals surface area contributed by atoms with Crippen molar-refractivity contribution in [3.05, 3.63) is 144 Å². The maximum absolute atomic E-state index is 12.7.